The Morgan fingerprint density at radius 2 is 0.857 bits per heavy atom. The number of thiazole rings is 2. The molecule has 0 unspecified atom stereocenters. The molecule has 0 saturated carbocycles. The number of hydrogen-bond donors (Lipinski definition) is 6. The number of aliphatic hydroxyl groups is 2. The Hall–Kier alpha value is -5.94. The van der Waals surface area contributed by atoms with E-state index in [0.29, 0.717) is 0 Å². The maximum Gasteiger partial charge on any atom is 0.246 e. The first-order valence-corrected chi connectivity index (χ1v) is 29.6. The maximum absolute atomic E-state index is 15.4. The lowest BCUT2D eigenvalue weighted by Gasteiger charge is -2.35. The fourth-order valence-electron chi connectivity index (χ4n) is 9.28. The Kier molecular flexibility index (Phi) is 25.6. The number of β-amino-alcohol motifs (C(OH)–C–C–N with tert-alkyl or cyclic N) is 2. The van der Waals surface area contributed by atoms with Gasteiger partial charge in [0.05, 0.1) is 111 Å². The van der Waals surface area contributed by atoms with Crippen LogP contribution in [0, 0.1) is 24.7 Å². The minimum atomic E-state index is -2.04. The molecule has 4 aromatic rings. The number of alkyl halides is 2. The van der Waals surface area contributed by atoms with E-state index < -0.39 is 121 Å². The molecular weight excluding hydrogens is 1130 g/mol. The van der Waals surface area contributed by atoms with E-state index in [-0.39, 0.29) is 79.2 Å². The molecule has 0 bridgehead atoms. The zero-order valence-electron chi connectivity index (χ0n) is 48.9. The van der Waals surface area contributed by atoms with Crippen LogP contribution in [-0.4, -0.2) is 207 Å². The number of likely N-dealkylation sites (tertiary alicyclic amines) is 2. The van der Waals surface area contributed by atoms with Gasteiger partial charge >= 0.3 is 0 Å². The Morgan fingerprint density at radius 3 is 1.14 bits per heavy atom. The van der Waals surface area contributed by atoms with E-state index in [2.05, 4.69) is 31.2 Å². The highest BCUT2D eigenvalue weighted by Crippen LogP contribution is 2.32. The van der Waals surface area contributed by atoms with Crippen molar-refractivity contribution < 1.29 is 76.2 Å². The van der Waals surface area contributed by atoms with E-state index in [1.54, 1.807) is 52.6 Å². The molecule has 2 aromatic carbocycles. The number of aryl methyl sites for hydroxylation is 2. The van der Waals surface area contributed by atoms with Gasteiger partial charge in [-0.05, 0) is 46.9 Å². The monoisotopic (exact) mass is 1210 g/mol. The zero-order valence-corrected chi connectivity index (χ0v) is 50.5. The highest BCUT2D eigenvalue weighted by Gasteiger charge is 2.52. The third-order valence-electron chi connectivity index (χ3n) is 13.9. The fraction of sp³-hybridized carbons (Fsp3) is 0.586. The maximum atomic E-state index is 15.4. The second kappa shape index (κ2) is 32.0. The predicted molar refractivity (Wildman–Crippen MR) is 309 cm³/mol. The molecule has 84 heavy (non-hydrogen) atoms. The summed E-state index contributed by atoms with van der Waals surface area (Å²) < 4.78 is 63.8. The van der Waals surface area contributed by atoms with Crippen molar-refractivity contribution >= 4 is 58.1 Å². The molecule has 2 fully saturated rings. The van der Waals surface area contributed by atoms with E-state index in [4.69, 9.17) is 28.4 Å². The number of carbonyl (C=O) groups excluding carboxylic acids is 6. The molecule has 6 rings (SSSR count). The topological polar surface area (TPSA) is 279 Å². The molecule has 2 aliphatic heterocycles. The summed E-state index contributed by atoms with van der Waals surface area (Å²) in [5.74, 6) is -4.19. The quantitative estimate of drug-likeness (QED) is 0.0394. The molecule has 2 aromatic heterocycles. The van der Waals surface area contributed by atoms with Crippen molar-refractivity contribution in [2.45, 2.75) is 117 Å². The molecule has 8 atom stereocenters. The number of ether oxygens (including phenoxy) is 6. The van der Waals surface area contributed by atoms with Crippen molar-refractivity contribution in [1.82, 2.24) is 41.0 Å². The van der Waals surface area contributed by atoms with Crippen LogP contribution in [0.5, 0.6) is 0 Å². The average molecular weight is 1220 g/mol. The fourth-order valence-corrected chi connectivity index (χ4v) is 10.9. The summed E-state index contributed by atoms with van der Waals surface area (Å²) in [6, 6.07) is 9.39. The standard InChI is InChI=1S/C58H80F2N8O14S2/c1-35-49(83-33-63-35)39-13-9-37(10-14-39)27-61-53(73)47-45(59)41(69)29-67(47)55(75)51(57(3,4)5)65-43(71)31-81-25-23-79-21-19-77-17-18-78-20-22-80-24-26-82-32-44(72)66-52(58(6,7)8)56(76)68-30-42(70)46(60)48(68)54(74)62-28-38-11-15-40(16-12-38)50-36(2)64-34-84-50/h9-16,33-34,41-42,45-48,51-52,69-70H,17-32H2,1-8H3,(H,61,73)(H,62,74)(H,65,71)(H,66,72)/t41-,42-,45-,46-,47-,48-,51+,52+/m0/s1. The minimum Gasteiger partial charge on any atom is -0.388 e. The van der Waals surface area contributed by atoms with Gasteiger partial charge in [-0.25, -0.2) is 18.7 Å². The average Bonchev–Trinajstić information content (AvgIpc) is 4.26. The minimum absolute atomic E-state index is 0.0594. The third kappa shape index (κ3) is 19.3. The lowest BCUT2D eigenvalue weighted by molar-refractivity contribution is -0.145. The Labute approximate surface area is 496 Å². The normalized spacial score (nSPS) is 19.7. The van der Waals surface area contributed by atoms with Gasteiger partial charge in [-0.3, -0.25) is 28.8 Å². The van der Waals surface area contributed by atoms with Crippen LogP contribution in [0.4, 0.5) is 8.78 Å². The molecule has 0 radical (unpaired) electrons. The lowest BCUT2D eigenvalue weighted by Crippen LogP contribution is -2.59. The van der Waals surface area contributed by atoms with Crippen molar-refractivity contribution in [3.63, 3.8) is 0 Å². The smallest absolute Gasteiger partial charge is 0.246 e. The van der Waals surface area contributed by atoms with E-state index in [0.717, 1.165) is 53.2 Å². The first-order chi connectivity index (χ1) is 40.0. The van der Waals surface area contributed by atoms with Gasteiger partial charge in [-0.15, -0.1) is 22.7 Å². The Morgan fingerprint density at radius 1 is 0.548 bits per heavy atom. The summed E-state index contributed by atoms with van der Waals surface area (Å²) in [7, 11) is 0. The van der Waals surface area contributed by atoms with Gasteiger partial charge in [0.15, 0.2) is 12.3 Å². The van der Waals surface area contributed by atoms with Crippen LogP contribution in [0.3, 0.4) is 0 Å². The summed E-state index contributed by atoms with van der Waals surface area (Å²) in [6.07, 6.45) is -7.27. The van der Waals surface area contributed by atoms with Crippen LogP contribution in [0.1, 0.15) is 64.1 Å². The van der Waals surface area contributed by atoms with Crippen molar-refractivity contribution in [1.29, 1.82) is 0 Å². The summed E-state index contributed by atoms with van der Waals surface area (Å²) in [5, 5.41) is 31.6. The number of aliphatic hydroxyl groups excluding tert-OH is 2. The summed E-state index contributed by atoms with van der Waals surface area (Å²) in [4.78, 5) is 93.2. The van der Waals surface area contributed by atoms with Crippen molar-refractivity contribution in [2.75, 3.05) is 92.4 Å². The molecule has 0 spiro atoms. The second-order valence-corrected chi connectivity index (χ2v) is 24.3. The highest BCUT2D eigenvalue weighted by atomic mass is 32.1. The number of hydrogen-bond acceptors (Lipinski definition) is 18. The number of benzene rings is 2. The van der Waals surface area contributed by atoms with Gasteiger partial charge in [0.2, 0.25) is 35.4 Å². The molecule has 6 N–H and O–H groups in total. The molecule has 22 nitrogen and oxygen atoms in total. The first-order valence-electron chi connectivity index (χ1n) is 27.8. The number of nitrogens with one attached hydrogen (secondary N) is 4. The molecule has 6 amide bonds. The van der Waals surface area contributed by atoms with Crippen molar-refractivity contribution in [3.05, 3.63) is 82.1 Å². The van der Waals surface area contributed by atoms with Gasteiger partial charge in [-0.2, -0.15) is 0 Å². The number of carbonyl (C=O) groups is 6. The summed E-state index contributed by atoms with van der Waals surface area (Å²) >= 11 is 3.03. The van der Waals surface area contributed by atoms with Crippen LogP contribution in [0.25, 0.3) is 20.9 Å². The number of aromatic nitrogens is 2. The highest BCUT2D eigenvalue weighted by molar-refractivity contribution is 7.13. The van der Waals surface area contributed by atoms with Gasteiger partial charge in [0.1, 0.15) is 49.6 Å². The SMILES string of the molecule is Cc1ncsc1-c1ccc(CNC(=O)[C@@H]2[C@@H](F)[C@@H](O)CN2C(=O)[C@@H](NC(=O)COCCOCCOCCOCCOCCOCC(=O)N[C@H](C(=O)N2C[C@H](O)[C@H](F)[C@H]2C(=O)NCc2ccc(-c3scnc3C)cc2)C(C)(C)C)C(C)(C)C)cc1. The molecular formula is C58H80F2N8O14S2. The Balaban J connectivity index is 0.778. The van der Waals surface area contributed by atoms with Gasteiger partial charge in [-0.1, -0.05) is 90.1 Å². The number of rotatable bonds is 31. The number of amides is 6. The van der Waals surface area contributed by atoms with E-state index in [1.165, 1.54) is 22.7 Å². The van der Waals surface area contributed by atoms with Crippen LogP contribution < -0.4 is 21.3 Å². The van der Waals surface area contributed by atoms with Crippen molar-refractivity contribution in [3.8, 4) is 20.9 Å². The van der Waals surface area contributed by atoms with E-state index in [1.807, 2.05) is 62.4 Å². The number of halogens is 2. The molecule has 462 valence electrons. The van der Waals surface area contributed by atoms with E-state index in [9.17, 15) is 39.0 Å². The number of nitrogens with zero attached hydrogens (tertiary/aromatic N) is 4. The second-order valence-electron chi connectivity index (χ2n) is 22.5. The zero-order chi connectivity index (χ0) is 61.1. The molecule has 2 aliphatic rings. The molecule has 26 heteroatoms. The molecule has 4 heterocycles. The summed E-state index contributed by atoms with van der Waals surface area (Å²) in [5.41, 5.74) is 7.07. The van der Waals surface area contributed by atoms with Crippen LogP contribution >= 0.6 is 22.7 Å². The lowest BCUT2D eigenvalue weighted by atomic mass is 9.85. The van der Waals surface area contributed by atoms with Crippen LogP contribution in [0.15, 0.2) is 59.6 Å². The molecule has 0 aliphatic carbocycles. The van der Waals surface area contributed by atoms with Crippen molar-refractivity contribution in [2.24, 2.45) is 10.8 Å². The van der Waals surface area contributed by atoms with E-state index >= 15 is 8.78 Å². The largest absolute Gasteiger partial charge is 0.388 e. The summed E-state index contributed by atoms with van der Waals surface area (Å²) in [6.45, 7) is 14.6. The Bertz CT molecular complexity index is 2590. The van der Waals surface area contributed by atoms with Crippen LogP contribution in [0.2, 0.25) is 0 Å². The predicted octanol–water partition coefficient (Wildman–Crippen LogP) is 3.46. The van der Waals surface area contributed by atoms with Gasteiger partial charge in [0.25, 0.3) is 0 Å². The molecule has 2 saturated heterocycles. The van der Waals surface area contributed by atoms with Gasteiger partial charge in [0, 0.05) is 13.1 Å². The third-order valence-corrected chi connectivity index (χ3v) is 15.9. The van der Waals surface area contributed by atoms with Gasteiger partial charge < -0.3 is 69.7 Å². The first kappa shape index (κ1) is 67.2. The van der Waals surface area contributed by atoms with Crippen LogP contribution in [-0.2, 0) is 70.3 Å².